The number of alkyl halides is 3. The van der Waals surface area contributed by atoms with Crippen LogP contribution in [0.1, 0.15) is 21.6 Å². The van der Waals surface area contributed by atoms with Gasteiger partial charge in [-0.1, -0.05) is 41.9 Å². The summed E-state index contributed by atoms with van der Waals surface area (Å²) in [5.74, 6) is -0.500. The third kappa shape index (κ3) is 4.75. The Labute approximate surface area is 217 Å². The molecule has 5 rings (SSSR count). The van der Waals surface area contributed by atoms with Gasteiger partial charge in [-0.2, -0.15) is 22.8 Å². The van der Waals surface area contributed by atoms with E-state index in [9.17, 15) is 22.8 Å². The smallest absolute Gasteiger partial charge is 0.433 e. The van der Waals surface area contributed by atoms with E-state index in [1.54, 1.807) is 48.5 Å². The van der Waals surface area contributed by atoms with E-state index >= 15 is 0 Å². The molecule has 0 amide bonds. The predicted octanol–water partition coefficient (Wildman–Crippen LogP) is 5.13. The SMILES string of the molecule is COC(=O)c1ccc(-c2c(-c3ccc(Cl)cc3)cnn3c(=O)n(Cc4ccc(C(F)(F)F)nc4)nc23)cc1. The quantitative estimate of drug-likeness (QED) is 0.288. The van der Waals surface area contributed by atoms with E-state index in [1.807, 2.05) is 0 Å². The lowest BCUT2D eigenvalue weighted by molar-refractivity contribution is -0.141. The lowest BCUT2D eigenvalue weighted by Crippen LogP contribution is -2.23. The third-order valence-corrected chi connectivity index (χ3v) is 6.06. The molecular weight excluding hydrogens is 523 g/mol. The van der Waals surface area contributed by atoms with Gasteiger partial charge < -0.3 is 4.74 Å². The lowest BCUT2D eigenvalue weighted by Gasteiger charge is -2.11. The number of aromatic nitrogens is 5. The van der Waals surface area contributed by atoms with Gasteiger partial charge in [0, 0.05) is 22.3 Å². The van der Waals surface area contributed by atoms with Gasteiger partial charge in [-0.25, -0.2) is 14.3 Å². The van der Waals surface area contributed by atoms with Gasteiger partial charge in [-0.3, -0.25) is 4.98 Å². The van der Waals surface area contributed by atoms with Crippen LogP contribution in [0.25, 0.3) is 27.9 Å². The number of esters is 1. The van der Waals surface area contributed by atoms with Crippen LogP contribution in [0.3, 0.4) is 0 Å². The molecule has 38 heavy (non-hydrogen) atoms. The van der Waals surface area contributed by atoms with Crippen LogP contribution in [-0.2, 0) is 17.5 Å². The monoisotopic (exact) mass is 539 g/mol. The summed E-state index contributed by atoms with van der Waals surface area (Å²) >= 11 is 6.06. The molecule has 0 fully saturated rings. The Hall–Kier alpha value is -4.51. The van der Waals surface area contributed by atoms with E-state index < -0.39 is 23.5 Å². The fourth-order valence-corrected chi connectivity index (χ4v) is 4.07. The van der Waals surface area contributed by atoms with E-state index in [0.717, 1.165) is 27.0 Å². The van der Waals surface area contributed by atoms with Crippen molar-refractivity contribution >= 4 is 23.2 Å². The maximum atomic E-state index is 13.1. The number of fused-ring (bicyclic) bond motifs is 1. The Balaban J connectivity index is 1.65. The number of ether oxygens (including phenoxy) is 1. The van der Waals surface area contributed by atoms with Crippen LogP contribution >= 0.6 is 11.6 Å². The molecule has 3 aromatic heterocycles. The highest BCUT2D eigenvalue weighted by molar-refractivity contribution is 6.30. The summed E-state index contributed by atoms with van der Waals surface area (Å²) in [6, 6.07) is 15.7. The zero-order chi connectivity index (χ0) is 27.0. The number of nitrogens with zero attached hydrogens (tertiary/aromatic N) is 5. The van der Waals surface area contributed by atoms with Crippen molar-refractivity contribution in [3.8, 4) is 22.3 Å². The Morgan fingerprint density at radius 2 is 1.66 bits per heavy atom. The minimum absolute atomic E-state index is 0.121. The third-order valence-electron chi connectivity index (χ3n) is 5.81. The molecule has 0 saturated heterocycles. The molecule has 192 valence electrons. The minimum Gasteiger partial charge on any atom is -0.465 e. The zero-order valence-corrected chi connectivity index (χ0v) is 20.4. The van der Waals surface area contributed by atoms with Gasteiger partial charge in [0.25, 0.3) is 0 Å². The molecule has 0 aliphatic carbocycles. The molecule has 0 aliphatic heterocycles. The molecule has 0 bridgehead atoms. The second kappa shape index (κ2) is 9.75. The number of hydrogen-bond donors (Lipinski definition) is 0. The highest BCUT2D eigenvalue weighted by Crippen LogP contribution is 2.34. The van der Waals surface area contributed by atoms with Gasteiger partial charge in [0.15, 0.2) is 5.65 Å². The molecule has 0 spiro atoms. The first-order valence-electron chi connectivity index (χ1n) is 11.1. The van der Waals surface area contributed by atoms with Crippen LogP contribution in [0.5, 0.6) is 0 Å². The number of hydrogen-bond acceptors (Lipinski definition) is 6. The molecule has 0 radical (unpaired) electrons. The molecule has 0 N–H and O–H groups in total. The summed E-state index contributed by atoms with van der Waals surface area (Å²) in [5.41, 5.74) is 1.89. The number of benzene rings is 2. The number of pyridine rings is 1. The normalized spacial score (nSPS) is 11.6. The number of rotatable bonds is 5. The van der Waals surface area contributed by atoms with Crippen molar-refractivity contribution in [3.63, 3.8) is 0 Å². The molecule has 12 heteroatoms. The second-order valence-corrected chi connectivity index (χ2v) is 8.67. The number of carbonyl (C=O) groups is 1. The summed E-state index contributed by atoms with van der Waals surface area (Å²) in [5, 5.41) is 9.29. The van der Waals surface area contributed by atoms with E-state index in [-0.39, 0.29) is 12.2 Å². The second-order valence-electron chi connectivity index (χ2n) is 8.23. The average Bonchev–Trinajstić information content (AvgIpc) is 3.23. The van der Waals surface area contributed by atoms with Crippen LogP contribution in [0, 0.1) is 0 Å². The Morgan fingerprint density at radius 1 is 0.974 bits per heavy atom. The van der Waals surface area contributed by atoms with Crippen LogP contribution < -0.4 is 5.69 Å². The minimum atomic E-state index is -4.57. The first-order chi connectivity index (χ1) is 18.2. The van der Waals surface area contributed by atoms with Crippen molar-refractivity contribution in [1.82, 2.24) is 24.4 Å². The van der Waals surface area contributed by atoms with Gasteiger partial charge in [-0.05, 0) is 47.0 Å². The number of halogens is 4. The van der Waals surface area contributed by atoms with Gasteiger partial charge in [-0.15, -0.1) is 5.10 Å². The van der Waals surface area contributed by atoms with Gasteiger partial charge in [0.1, 0.15) is 5.69 Å². The molecule has 0 atom stereocenters. The molecule has 0 unspecified atom stereocenters. The van der Waals surface area contributed by atoms with Crippen molar-refractivity contribution in [2.45, 2.75) is 12.7 Å². The highest BCUT2D eigenvalue weighted by Gasteiger charge is 2.32. The average molecular weight is 540 g/mol. The summed E-state index contributed by atoms with van der Waals surface area (Å²) in [6.45, 7) is -0.121. The van der Waals surface area contributed by atoms with Crippen molar-refractivity contribution in [2.75, 3.05) is 7.11 Å². The van der Waals surface area contributed by atoms with Crippen LogP contribution in [0.2, 0.25) is 5.02 Å². The fourth-order valence-electron chi connectivity index (χ4n) is 3.95. The summed E-state index contributed by atoms with van der Waals surface area (Å²) in [4.78, 5) is 28.5. The van der Waals surface area contributed by atoms with E-state index in [2.05, 4.69) is 15.2 Å². The Kier molecular flexibility index (Phi) is 6.45. The zero-order valence-electron chi connectivity index (χ0n) is 19.6. The molecular formula is C26H17ClF3N5O3. The maximum Gasteiger partial charge on any atom is 0.433 e. The van der Waals surface area contributed by atoms with Crippen LogP contribution in [0.4, 0.5) is 13.2 Å². The molecule has 5 aromatic rings. The molecule has 0 saturated carbocycles. The molecule has 3 heterocycles. The molecule has 0 aliphatic rings. The molecule has 8 nitrogen and oxygen atoms in total. The largest absolute Gasteiger partial charge is 0.465 e. The van der Waals surface area contributed by atoms with Gasteiger partial charge in [0.2, 0.25) is 0 Å². The maximum absolute atomic E-state index is 13.1. The van der Waals surface area contributed by atoms with E-state index in [4.69, 9.17) is 16.3 Å². The number of carbonyl (C=O) groups excluding carboxylic acids is 1. The summed E-state index contributed by atoms with van der Waals surface area (Å²) < 4.78 is 45.6. The fraction of sp³-hybridized carbons (Fsp3) is 0.115. The van der Waals surface area contributed by atoms with Crippen molar-refractivity contribution in [2.24, 2.45) is 0 Å². The van der Waals surface area contributed by atoms with Crippen molar-refractivity contribution in [1.29, 1.82) is 0 Å². The van der Waals surface area contributed by atoms with E-state index in [1.165, 1.54) is 19.4 Å². The lowest BCUT2D eigenvalue weighted by atomic mass is 9.96. The first kappa shape index (κ1) is 25.2. The standard InChI is InChI=1S/C26H17ClF3N5O3/c1-38-24(36)18-5-3-17(4-6-18)22-20(16-7-9-19(27)10-8-16)13-32-35-23(22)33-34(25(35)37)14-15-2-11-21(31-12-15)26(28,29)30/h2-13H,14H2,1H3. The van der Waals surface area contributed by atoms with Gasteiger partial charge in [0.05, 0.1) is 25.4 Å². The Bertz CT molecular complexity index is 1700. The Morgan fingerprint density at radius 3 is 2.26 bits per heavy atom. The summed E-state index contributed by atoms with van der Waals surface area (Å²) in [7, 11) is 1.28. The van der Waals surface area contributed by atoms with Crippen molar-refractivity contribution in [3.05, 3.63) is 105 Å². The predicted molar refractivity (Wildman–Crippen MR) is 133 cm³/mol. The first-order valence-corrected chi connectivity index (χ1v) is 11.5. The highest BCUT2D eigenvalue weighted by atomic mass is 35.5. The number of methoxy groups -OCH3 is 1. The van der Waals surface area contributed by atoms with Crippen LogP contribution in [-0.4, -0.2) is 37.5 Å². The van der Waals surface area contributed by atoms with Gasteiger partial charge >= 0.3 is 17.8 Å². The van der Waals surface area contributed by atoms with Crippen molar-refractivity contribution < 1.29 is 22.7 Å². The topological polar surface area (TPSA) is 91.4 Å². The van der Waals surface area contributed by atoms with E-state index in [0.29, 0.717) is 32.8 Å². The molecule has 2 aromatic carbocycles. The van der Waals surface area contributed by atoms with Crippen LogP contribution in [0.15, 0.2) is 77.9 Å². The summed E-state index contributed by atoms with van der Waals surface area (Å²) in [6.07, 6.45) is -2.00.